The van der Waals surface area contributed by atoms with Gasteiger partial charge in [0.15, 0.2) is 11.5 Å². The van der Waals surface area contributed by atoms with E-state index in [9.17, 15) is 4.79 Å². The largest absolute Gasteiger partial charge is 0.486 e. The molecule has 2 rings (SSSR count). The van der Waals surface area contributed by atoms with Gasteiger partial charge in [-0.15, -0.1) is 0 Å². The lowest BCUT2D eigenvalue weighted by molar-refractivity contribution is -0.117. The average molecular weight is 166 g/mol. The van der Waals surface area contributed by atoms with Crippen LogP contribution in [-0.4, -0.2) is 11.9 Å². The molecule has 0 spiro atoms. The van der Waals surface area contributed by atoms with Gasteiger partial charge in [-0.1, -0.05) is 6.42 Å². The average Bonchev–Trinajstić information content (AvgIpc) is 2.46. The highest BCUT2D eigenvalue weighted by Gasteiger charge is 2.32. The van der Waals surface area contributed by atoms with E-state index in [0.29, 0.717) is 17.8 Å². The monoisotopic (exact) mass is 166 g/mol. The minimum absolute atomic E-state index is 0.0735. The van der Waals surface area contributed by atoms with Crippen molar-refractivity contribution in [2.75, 3.05) is 0 Å². The van der Waals surface area contributed by atoms with E-state index in [1.807, 2.05) is 6.08 Å². The van der Waals surface area contributed by atoms with E-state index >= 15 is 0 Å². The van der Waals surface area contributed by atoms with E-state index in [-0.39, 0.29) is 5.78 Å². The number of carbonyl (C=O) groups is 1. The number of carbonyl (C=O) groups excluding carboxylic acids is 1. The fourth-order valence-electron chi connectivity index (χ4n) is 2.06. The van der Waals surface area contributed by atoms with Crippen molar-refractivity contribution in [3.63, 3.8) is 0 Å². The van der Waals surface area contributed by atoms with E-state index in [4.69, 9.17) is 4.74 Å². The van der Waals surface area contributed by atoms with Gasteiger partial charge in [0.05, 0.1) is 0 Å². The lowest BCUT2D eigenvalue weighted by Gasteiger charge is -2.23. The van der Waals surface area contributed by atoms with Crippen LogP contribution in [-0.2, 0) is 9.53 Å². The molecule has 2 atom stereocenters. The summed E-state index contributed by atoms with van der Waals surface area (Å²) in [5.41, 5.74) is 0. The normalized spacial score (nSPS) is 33.6. The fraction of sp³-hybridized carbons (Fsp3) is 0.700. The molecular formula is C10H14O2. The third-order valence-electron chi connectivity index (χ3n) is 2.74. The molecule has 66 valence electrons. The van der Waals surface area contributed by atoms with Gasteiger partial charge in [0.1, 0.15) is 6.10 Å². The van der Waals surface area contributed by atoms with E-state index in [1.54, 1.807) is 6.92 Å². The van der Waals surface area contributed by atoms with Crippen LogP contribution < -0.4 is 0 Å². The second-order valence-electron chi connectivity index (χ2n) is 3.69. The molecule has 0 amide bonds. The Morgan fingerprint density at radius 2 is 2.25 bits per heavy atom. The van der Waals surface area contributed by atoms with Gasteiger partial charge in [0.25, 0.3) is 0 Å². The van der Waals surface area contributed by atoms with E-state index < -0.39 is 0 Å². The summed E-state index contributed by atoms with van der Waals surface area (Å²) in [7, 11) is 0. The first kappa shape index (κ1) is 7.84. The number of rotatable bonds is 1. The molecule has 1 aliphatic heterocycles. The number of Topliss-reactive ketones (excluding diaryl/α,β-unsaturated/α-hetero) is 1. The zero-order chi connectivity index (χ0) is 8.55. The fourth-order valence-corrected chi connectivity index (χ4v) is 2.06. The van der Waals surface area contributed by atoms with E-state index in [1.165, 1.54) is 19.3 Å². The van der Waals surface area contributed by atoms with Crippen LogP contribution in [0.15, 0.2) is 11.8 Å². The number of fused-ring (bicyclic) bond motifs is 1. The number of allylic oxidation sites excluding steroid dienone is 1. The minimum atomic E-state index is 0.0735. The third kappa shape index (κ3) is 1.26. The summed E-state index contributed by atoms with van der Waals surface area (Å²) >= 11 is 0. The summed E-state index contributed by atoms with van der Waals surface area (Å²) in [5, 5.41) is 0. The Kier molecular flexibility index (Phi) is 1.91. The SMILES string of the molecule is CC(=O)C1=CC2CCCCC2O1. The van der Waals surface area contributed by atoms with Crippen LogP contribution in [0.1, 0.15) is 32.6 Å². The Bertz CT molecular complexity index is 230. The zero-order valence-electron chi connectivity index (χ0n) is 7.38. The van der Waals surface area contributed by atoms with Crippen molar-refractivity contribution < 1.29 is 9.53 Å². The van der Waals surface area contributed by atoms with Crippen molar-refractivity contribution in [1.82, 2.24) is 0 Å². The summed E-state index contributed by atoms with van der Waals surface area (Å²) in [5.74, 6) is 1.20. The highest BCUT2D eigenvalue weighted by molar-refractivity contribution is 5.91. The van der Waals surface area contributed by atoms with Gasteiger partial charge in [-0.05, 0) is 25.3 Å². The van der Waals surface area contributed by atoms with Crippen molar-refractivity contribution >= 4 is 5.78 Å². The summed E-state index contributed by atoms with van der Waals surface area (Å²) in [6, 6.07) is 0. The first-order valence-electron chi connectivity index (χ1n) is 4.67. The Balaban J connectivity index is 2.09. The maximum atomic E-state index is 11.0. The van der Waals surface area contributed by atoms with Crippen molar-refractivity contribution in [1.29, 1.82) is 0 Å². The summed E-state index contributed by atoms with van der Waals surface area (Å²) in [6.45, 7) is 1.57. The number of hydrogen-bond donors (Lipinski definition) is 0. The highest BCUT2D eigenvalue weighted by Crippen LogP contribution is 2.35. The van der Waals surface area contributed by atoms with Crippen LogP contribution in [0, 0.1) is 5.92 Å². The summed E-state index contributed by atoms with van der Waals surface area (Å²) in [6.07, 6.45) is 7.19. The van der Waals surface area contributed by atoms with Gasteiger partial charge in [-0.3, -0.25) is 4.79 Å². The van der Waals surface area contributed by atoms with Crippen LogP contribution in [0.5, 0.6) is 0 Å². The molecule has 0 bridgehead atoms. The van der Waals surface area contributed by atoms with Gasteiger partial charge < -0.3 is 4.74 Å². The van der Waals surface area contributed by atoms with E-state index in [0.717, 1.165) is 6.42 Å². The molecule has 0 aromatic carbocycles. The first-order chi connectivity index (χ1) is 5.77. The van der Waals surface area contributed by atoms with Crippen molar-refractivity contribution in [3.05, 3.63) is 11.8 Å². The van der Waals surface area contributed by atoms with E-state index in [2.05, 4.69) is 0 Å². The molecule has 0 N–H and O–H groups in total. The van der Waals surface area contributed by atoms with Gasteiger partial charge in [-0.2, -0.15) is 0 Å². The highest BCUT2D eigenvalue weighted by atomic mass is 16.5. The molecule has 1 saturated carbocycles. The Hall–Kier alpha value is -0.790. The molecule has 0 aromatic rings. The molecule has 2 heteroatoms. The molecule has 0 radical (unpaired) electrons. The number of ketones is 1. The zero-order valence-corrected chi connectivity index (χ0v) is 7.38. The number of hydrogen-bond acceptors (Lipinski definition) is 2. The molecule has 12 heavy (non-hydrogen) atoms. The molecule has 2 nitrogen and oxygen atoms in total. The van der Waals surface area contributed by atoms with Crippen molar-refractivity contribution in [2.24, 2.45) is 5.92 Å². The van der Waals surface area contributed by atoms with Gasteiger partial charge in [0, 0.05) is 12.8 Å². The molecule has 0 saturated heterocycles. The van der Waals surface area contributed by atoms with Crippen LogP contribution in [0.3, 0.4) is 0 Å². The van der Waals surface area contributed by atoms with Gasteiger partial charge >= 0.3 is 0 Å². The smallest absolute Gasteiger partial charge is 0.193 e. The lowest BCUT2D eigenvalue weighted by atomic mass is 9.87. The summed E-state index contributed by atoms with van der Waals surface area (Å²) < 4.78 is 5.54. The van der Waals surface area contributed by atoms with Crippen LogP contribution >= 0.6 is 0 Å². The maximum Gasteiger partial charge on any atom is 0.193 e. The first-order valence-corrected chi connectivity index (χ1v) is 4.67. The van der Waals surface area contributed by atoms with Crippen LogP contribution in [0.2, 0.25) is 0 Å². The molecule has 1 heterocycles. The Labute approximate surface area is 72.6 Å². The molecule has 1 fully saturated rings. The second kappa shape index (κ2) is 2.92. The Morgan fingerprint density at radius 3 is 2.92 bits per heavy atom. The Morgan fingerprint density at radius 1 is 1.50 bits per heavy atom. The molecule has 1 aliphatic carbocycles. The van der Waals surface area contributed by atoms with Gasteiger partial charge in [-0.25, -0.2) is 0 Å². The lowest BCUT2D eigenvalue weighted by Crippen LogP contribution is -2.21. The molecule has 2 unspecified atom stereocenters. The standard InChI is InChI=1S/C10H14O2/c1-7(11)10-6-8-4-2-3-5-9(8)12-10/h6,8-9H,2-5H2,1H3. The third-order valence-corrected chi connectivity index (χ3v) is 2.74. The topological polar surface area (TPSA) is 26.3 Å². The quantitative estimate of drug-likeness (QED) is 0.596. The van der Waals surface area contributed by atoms with Crippen LogP contribution in [0.4, 0.5) is 0 Å². The second-order valence-corrected chi connectivity index (χ2v) is 3.69. The number of ether oxygens (including phenoxy) is 1. The predicted molar refractivity (Wildman–Crippen MR) is 45.6 cm³/mol. The van der Waals surface area contributed by atoms with Crippen LogP contribution in [0.25, 0.3) is 0 Å². The van der Waals surface area contributed by atoms with Crippen molar-refractivity contribution in [2.45, 2.75) is 38.7 Å². The predicted octanol–water partition coefficient (Wildman–Crippen LogP) is 2.05. The molecule has 0 aromatic heterocycles. The van der Waals surface area contributed by atoms with Crippen molar-refractivity contribution in [3.8, 4) is 0 Å². The molecular weight excluding hydrogens is 152 g/mol. The summed E-state index contributed by atoms with van der Waals surface area (Å²) in [4.78, 5) is 11.0. The maximum absolute atomic E-state index is 11.0. The minimum Gasteiger partial charge on any atom is -0.486 e. The molecule has 2 aliphatic rings. The van der Waals surface area contributed by atoms with Gasteiger partial charge in [0.2, 0.25) is 0 Å².